The molecule has 1 aromatic carbocycles. The highest BCUT2D eigenvalue weighted by Crippen LogP contribution is 2.11. The van der Waals surface area contributed by atoms with E-state index >= 15 is 0 Å². The minimum atomic E-state index is -0.225. The Balaban J connectivity index is 2.04. The highest BCUT2D eigenvalue weighted by Gasteiger charge is 2.09. The first-order chi connectivity index (χ1) is 10.1. The smallest absolute Gasteiger partial charge is 0.270 e. The van der Waals surface area contributed by atoms with Crippen molar-refractivity contribution in [3.8, 4) is 0 Å². The molecule has 21 heavy (non-hydrogen) atoms. The van der Waals surface area contributed by atoms with Gasteiger partial charge in [0.1, 0.15) is 10.8 Å². The molecule has 0 fully saturated rings. The number of halogens is 1. The lowest BCUT2D eigenvalue weighted by molar-refractivity contribution is 0.0946. The zero-order valence-electron chi connectivity index (χ0n) is 12.1. The molecule has 5 heteroatoms. The number of amides is 1. The van der Waals surface area contributed by atoms with Gasteiger partial charge >= 0.3 is 0 Å². The fourth-order valence-electron chi connectivity index (χ4n) is 2.03. The van der Waals surface area contributed by atoms with E-state index in [0.29, 0.717) is 17.4 Å². The molecule has 1 amide bonds. The number of hydrogen-bond donors (Lipinski definition) is 1. The molecular formula is C16H18ClN3O. The quantitative estimate of drug-likeness (QED) is 0.864. The summed E-state index contributed by atoms with van der Waals surface area (Å²) in [6.07, 6.45) is 0. The maximum Gasteiger partial charge on any atom is 0.270 e. The molecule has 4 nitrogen and oxygen atoms in total. The van der Waals surface area contributed by atoms with Crippen LogP contribution < -0.4 is 5.32 Å². The summed E-state index contributed by atoms with van der Waals surface area (Å²) >= 11 is 5.79. The molecule has 0 atom stereocenters. The summed E-state index contributed by atoms with van der Waals surface area (Å²) in [5.74, 6) is -0.225. The maximum atomic E-state index is 12.1. The van der Waals surface area contributed by atoms with Crippen LogP contribution in [0, 0.1) is 0 Å². The summed E-state index contributed by atoms with van der Waals surface area (Å²) in [5.41, 5.74) is 2.62. The van der Waals surface area contributed by atoms with E-state index in [1.54, 1.807) is 18.2 Å². The number of carbonyl (C=O) groups excluding carboxylic acids is 1. The highest BCUT2D eigenvalue weighted by atomic mass is 35.5. The predicted octanol–water partition coefficient (Wildman–Crippen LogP) is 2.73. The number of benzene rings is 1. The van der Waals surface area contributed by atoms with Gasteiger partial charge < -0.3 is 10.2 Å². The maximum absolute atomic E-state index is 12.1. The predicted molar refractivity (Wildman–Crippen MR) is 84.3 cm³/mol. The van der Waals surface area contributed by atoms with E-state index in [0.717, 1.165) is 12.1 Å². The molecule has 0 radical (unpaired) electrons. The minimum Gasteiger partial charge on any atom is -0.347 e. The van der Waals surface area contributed by atoms with Crippen molar-refractivity contribution in [1.29, 1.82) is 0 Å². The van der Waals surface area contributed by atoms with Crippen LogP contribution in [0.15, 0.2) is 42.5 Å². The van der Waals surface area contributed by atoms with Crippen LogP contribution in [0.25, 0.3) is 0 Å². The van der Waals surface area contributed by atoms with Gasteiger partial charge in [0, 0.05) is 13.1 Å². The van der Waals surface area contributed by atoms with Crippen LogP contribution in [0.3, 0.4) is 0 Å². The lowest BCUT2D eigenvalue weighted by atomic mass is 10.1. The number of nitrogens with zero attached hydrogens (tertiary/aromatic N) is 2. The molecule has 2 aromatic rings. The largest absolute Gasteiger partial charge is 0.347 e. The molecule has 1 aromatic heterocycles. The molecule has 0 spiro atoms. The van der Waals surface area contributed by atoms with E-state index in [4.69, 9.17) is 11.6 Å². The zero-order chi connectivity index (χ0) is 15.2. The molecule has 0 unspecified atom stereocenters. The van der Waals surface area contributed by atoms with Gasteiger partial charge in [-0.1, -0.05) is 41.9 Å². The first kappa shape index (κ1) is 15.5. The van der Waals surface area contributed by atoms with Crippen LogP contribution in [0.4, 0.5) is 0 Å². The normalized spacial score (nSPS) is 10.7. The topological polar surface area (TPSA) is 45.2 Å². The van der Waals surface area contributed by atoms with E-state index < -0.39 is 0 Å². The molecule has 2 rings (SSSR count). The number of carbonyl (C=O) groups is 1. The van der Waals surface area contributed by atoms with Crippen molar-refractivity contribution in [2.75, 3.05) is 14.1 Å². The Morgan fingerprint density at radius 1 is 1.14 bits per heavy atom. The first-order valence-electron chi connectivity index (χ1n) is 6.68. The van der Waals surface area contributed by atoms with Crippen LogP contribution in [0.5, 0.6) is 0 Å². The van der Waals surface area contributed by atoms with E-state index in [1.165, 1.54) is 5.56 Å². The van der Waals surface area contributed by atoms with Gasteiger partial charge in [0.2, 0.25) is 0 Å². The van der Waals surface area contributed by atoms with Gasteiger partial charge in [-0.2, -0.15) is 0 Å². The Morgan fingerprint density at radius 2 is 1.86 bits per heavy atom. The molecule has 0 aliphatic rings. The molecule has 0 saturated carbocycles. The second kappa shape index (κ2) is 7.20. The van der Waals surface area contributed by atoms with E-state index in [1.807, 2.05) is 32.3 Å². The average Bonchev–Trinajstić information content (AvgIpc) is 2.45. The van der Waals surface area contributed by atoms with Gasteiger partial charge in [-0.15, -0.1) is 0 Å². The van der Waals surface area contributed by atoms with E-state index in [2.05, 4.69) is 21.3 Å². The molecule has 0 aliphatic carbocycles. The number of aromatic nitrogens is 1. The molecular weight excluding hydrogens is 286 g/mol. The van der Waals surface area contributed by atoms with Crippen molar-refractivity contribution < 1.29 is 4.79 Å². The van der Waals surface area contributed by atoms with Gasteiger partial charge in [0.25, 0.3) is 5.91 Å². The Hall–Kier alpha value is -1.91. The average molecular weight is 304 g/mol. The van der Waals surface area contributed by atoms with Gasteiger partial charge in [-0.25, -0.2) is 4.98 Å². The number of pyridine rings is 1. The molecule has 0 bridgehead atoms. The Morgan fingerprint density at radius 3 is 2.52 bits per heavy atom. The number of nitrogens with one attached hydrogen (secondary N) is 1. The Bertz CT molecular complexity index is 628. The summed E-state index contributed by atoms with van der Waals surface area (Å²) in [6, 6.07) is 13.1. The third kappa shape index (κ3) is 4.55. The monoisotopic (exact) mass is 303 g/mol. The fourth-order valence-corrected chi connectivity index (χ4v) is 2.19. The van der Waals surface area contributed by atoms with Gasteiger partial charge in [0.05, 0.1) is 0 Å². The summed E-state index contributed by atoms with van der Waals surface area (Å²) in [5, 5.41) is 3.19. The van der Waals surface area contributed by atoms with Crippen molar-refractivity contribution >= 4 is 17.5 Å². The zero-order valence-corrected chi connectivity index (χ0v) is 12.9. The lowest BCUT2D eigenvalue weighted by Gasteiger charge is -2.14. The van der Waals surface area contributed by atoms with Crippen molar-refractivity contribution in [2.45, 2.75) is 13.1 Å². The van der Waals surface area contributed by atoms with Crippen molar-refractivity contribution in [1.82, 2.24) is 15.2 Å². The lowest BCUT2D eigenvalue weighted by Crippen LogP contribution is -2.25. The summed E-state index contributed by atoms with van der Waals surface area (Å²) < 4.78 is 0. The van der Waals surface area contributed by atoms with E-state index in [9.17, 15) is 4.79 Å². The van der Waals surface area contributed by atoms with Gasteiger partial charge in [-0.3, -0.25) is 4.79 Å². The van der Waals surface area contributed by atoms with Crippen LogP contribution in [-0.4, -0.2) is 29.9 Å². The summed E-state index contributed by atoms with van der Waals surface area (Å²) in [7, 11) is 4.04. The van der Waals surface area contributed by atoms with Crippen molar-refractivity contribution in [2.24, 2.45) is 0 Å². The SMILES string of the molecule is CN(C)Cc1ccccc1CNC(=O)c1cccc(Cl)n1. The molecule has 0 aliphatic heterocycles. The van der Waals surface area contributed by atoms with Crippen LogP contribution in [0.1, 0.15) is 21.6 Å². The van der Waals surface area contributed by atoms with E-state index in [-0.39, 0.29) is 5.91 Å². The third-order valence-electron chi connectivity index (χ3n) is 2.99. The first-order valence-corrected chi connectivity index (χ1v) is 7.06. The second-order valence-corrected chi connectivity index (χ2v) is 5.42. The van der Waals surface area contributed by atoms with Gasteiger partial charge in [-0.05, 0) is 37.4 Å². The molecule has 1 N–H and O–H groups in total. The van der Waals surface area contributed by atoms with Crippen LogP contribution in [-0.2, 0) is 13.1 Å². The Labute approximate surface area is 129 Å². The number of hydrogen-bond acceptors (Lipinski definition) is 3. The standard InChI is InChI=1S/C16H18ClN3O/c1-20(2)11-13-7-4-3-6-12(13)10-18-16(21)14-8-5-9-15(17)19-14/h3-9H,10-11H2,1-2H3,(H,18,21). The number of rotatable bonds is 5. The molecule has 110 valence electrons. The summed E-state index contributed by atoms with van der Waals surface area (Å²) in [4.78, 5) is 18.2. The van der Waals surface area contributed by atoms with Crippen molar-refractivity contribution in [3.63, 3.8) is 0 Å². The fraction of sp³-hybridized carbons (Fsp3) is 0.250. The molecule has 1 heterocycles. The van der Waals surface area contributed by atoms with Crippen LogP contribution >= 0.6 is 11.6 Å². The second-order valence-electron chi connectivity index (χ2n) is 5.03. The highest BCUT2D eigenvalue weighted by molar-refractivity contribution is 6.29. The van der Waals surface area contributed by atoms with Crippen molar-refractivity contribution in [3.05, 3.63) is 64.4 Å². The third-order valence-corrected chi connectivity index (χ3v) is 3.20. The Kier molecular flexibility index (Phi) is 5.31. The van der Waals surface area contributed by atoms with Crippen LogP contribution in [0.2, 0.25) is 5.15 Å². The summed E-state index contributed by atoms with van der Waals surface area (Å²) in [6.45, 7) is 1.30. The molecule has 0 saturated heterocycles. The van der Waals surface area contributed by atoms with Gasteiger partial charge in [0.15, 0.2) is 0 Å². The minimum absolute atomic E-state index is 0.225.